The molecule has 3 aromatic rings. The molecule has 0 radical (unpaired) electrons. The van der Waals surface area contributed by atoms with E-state index < -0.39 is 6.09 Å². The third-order valence-electron chi connectivity index (χ3n) is 5.60. The monoisotopic (exact) mass is 449 g/mol. The predicted molar refractivity (Wildman–Crippen MR) is 134 cm³/mol. The van der Waals surface area contributed by atoms with Crippen LogP contribution in [-0.2, 0) is 0 Å². The summed E-state index contributed by atoms with van der Waals surface area (Å²) >= 11 is 5.31. The highest BCUT2D eigenvalue weighted by Gasteiger charge is 2.33. The molecule has 2 aromatic carbocycles. The van der Waals surface area contributed by atoms with Crippen molar-refractivity contribution >= 4 is 52.4 Å². The molecular weight excluding hydrogens is 422 g/mol. The maximum atomic E-state index is 13.5. The first-order valence-corrected chi connectivity index (χ1v) is 10.7. The minimum atomic E-state index is -0.530. The van der Waals surface area contributed by atoms with E-state index in [1.807, 2.05) is 71.3 Å². The molecule has 0 saturated carbocycles. The molecule has 32 heavy (non-hydrogen) atoms. The topological polar surface area (TPSA) is 44.2 Å². The molecule has 4 rings (SSSR count). The van der Waals surface area contributed by atoms with Gasteiger partial charge in [-0.3, -0.25) is 0 Å². The number of aromatic nitrogens is 1. The quantitative estimate of drug-likeness (QED) is 0.517. The molecule has 1 aliphatic rings. The third-order valence-corrected chi connectivity index (χ3v) is 5.92. The third kappa shape index (κ3) is 3.67. The highest BCUT2D eigenvalue weighted by atomic mass is 32.1. The SMILES string of the molecule is Cc1cc2c(cc1N(C)C)N(C)c1cc(N(C)C)ccc1N2C(=O)On1ccccc1=S. The van der Waals surface area contributed by atoms with E-state index >= 15 is 0 Å². The van der Waals surface area contributed by atoms with Crippen molar-refractivity contribution in [1.82, 2.24) is 4.73 Å². The zero-order chi connectivity index (χ0) is 23.2. The number of carbonyl (C=O) groups excluding carboxylic acids is 1. The van der Waals surface area contributed by atoms with Gasteiger partial charge in [-0.15, -0.1) is 0 Å². The number of amides is 1. The Morgan fingerprint density at radius 1 is 0.906 bits per heavy atom. The lowest BCUT2D eigenvalue weighted by Crippen LogP contribution is -2.37. The summed E-state index contributed by atoms with van der Waals surface area (Å²) < 4.78 is 1.72. The summed E-state index contributed by atoms with van der Waals surface area (Å²) in [6.45, 7) is 2.04. The number of fused-ring (bicyclic) bond motifs is 2. The molecule has 0 N–H and O–H groups in total. The van der Waals surface area contributed by atoms with Gasteiger partial charge in [-0.25, -0.2) is 9.69 Å². The number of nitrogens with zero attached hydrogens (tertiary/aromatic N) is 5. The van der Waals surface area contributed by atoms with E-state index in [4.69, 9.17) is 17.1 Å². The molecule has 0 atom stereocenters. The van der Waals surface area contributed by atoms with Crippen molar-refractivity contribution in [1.29, 1.82) is 0 Å². The summed E-state index contributed by atoms with van der Waals surface area (Å²) in [6.07, 6.45) is 1.10. The van der Waals surface area contributed by atoms with Crippen molar-refractivity contribution in [3.63, 3.8) is 0 Å². The standard InChI is InChI=1S/C24H27N5O2S/c1-16-13-22-21(15-19(16)26(4)5)27(6)20-14-17(25(2)3)10-11-18(20)29(22)24(30)31-28-12-8-7-9-23(28)32/h7-15H,1-6H3. The fraction of sp³-hybridized carbons (Fsp3) is 0.250. The van der Waals surface area contributed by atoms with Crippen LogP contribution in [0.2, 0.25) is 0 Å². The van der Waals surface area contributed by atoms with Gasteiger partial charge < -0.3 is 19.5 Å². The van der Waals surface area contributed by atoms with Crippen molar-refractivity contribution in [3.05, 3.63) is 64.9 Å². The first-order chi connectivity index (χ1) is 15.2. The number of hydrogen-bond acceptors (Lipinski definition) is 6. The Hall–Kier alpha value is -3.52. The highest BCUT2D eigenvalue weighted by molar-refractivity contribution is 7.71. The minimum Gasteiger partial charge on any atom is -0.378 e. The van der Waals surface area contributed by atoms with Gasteiger partial charge in [0.05, 0.1) is 22.7 Å². The fourth-order valence-corrected chi connectivity index (χ4v) is 4.09. The number of benzene rings is 2. The highest BCUT2D eigenvalue weighted by Crippen LogP contribution is 2.50. The van der Waals surface area contributed by atoms with Gasteiger partial charge in [-0.1, -0.05) is 18.3 Å². The predicted octanol–water partition coefficient (Wildman–Crippen LogP) is 5.13. The molecule has 0 spiro atoms. The second-order valence-corrected chi connectivity index (χ2v) is 8.62. The van der Waals surface area contributed by atoms with Gasteiger partial charge in [0.2, 0.25) is 0 Å². The largest absolute Gasteiger partial charge is 0.443 e. The number of anilines is 6. The molecule has 1 amide bonds. The molecule has 0 fully saturated rings. The van der Waals surface area contributed by atoms with Crippen LogP contribution in [0.25, 0.3) is 0 Å². The van der Waals surface area contributed by atoms with E-state index in [0.29, 0.717) is 4.64 Å². The molecule has 0 bridgehead atoms. The average Bonchev–Trinajstić information content (AvgIpc) is 2.74. The van der Waals surface area contributed by atoms with Crippen molar-refractivity contribution in [2.45, 2.75) is 6.92 Å². The number of hydrogen-bond donors (Lipinski definition) is 0. The number of rotatable bonds is 3. The fourth-order valence-electron chi connectivity index (χ4n) is 3.92. The summed E-state index contributed by atoms with van der Waals surface area (Å²) in [7, 11) is 10.0. The van der Waals surface area contributed by atoms with E-state index in [1.165, 1.54) is 4.73 Å². The second kappa shape index (κ2) is 8.20. The number of aryl methyl sites for hydroxylation is 1. The lowest BCUT2D eigenvalue weighted by molar-refractivity contribution is 0.140. The molecule has 2 heterocycles. The average molecular weight is 450 g/mol. The summed E-state index contributed by atoms with van der Waals surface area (Å²) in [4.78, 5) is 27.0. The Morgan fingerprint density at radius 3 is 2.28 bits per heavy atom. The Labute approximate surface area is 193 Å². The van der Waals surface area contributed by atoms with E-state index in [1.54, 1.807) is 23.2 Å². The maximum Gasteiger partial charge on any atom is 0.443 e. The van der Waals surface area contributed by atoms with Crippen molar-refractivity contribution in [2.24, 2.45) is 0 Å². The Morgan fingerprint density at radius 2 is 1.62 bits per heavy atom. The summed E-state index contributed by atoms with van der Waals surface area (Å²) in [6, 6.07) is 15.4. The van der Waals surface area contributed by atoms with Crippen LogP contribution in [0.15, 0.2) is 54.7 Å². The van der Waals surface area contributed by atoms with E-state index in [2.05, 4.69) is 21.9 Å². The van der Waals surface area contributed by atoms with Gasteiger partial charge in [0.25, 0.3) is 0 Å². The van der Waals surface area contributed by atoms with Crippen LogP contribution in [0.4, 0.5) is 38.9 Å². The van der Waals surface area contributed by atoms with Gasteiger partial charge >= 0.3 is 6.09 Å². The molecule has 1 aromatic heterocycles. The number of carbonyl (C=O) groups is 1. The van der Waals surface area contributed by atoms with Gasteiger partial charge in [-0.05, 0) is 55.0 Å². The molecule has 8 heteroatoms. The van der Waals surface area contributed by atoms with Crippen LogP contribution in [0.3, 0.4) is 0 Å². The number of pyridine rings is 1. The molecule has 0 unspecified atom stereocenters. The van der Waals surface area contributed by atoms with Crippen LogP contribution in [0.5, 0.6) is 0 Å². The Bertz CT molecular complexity index is 1250. The van der Waals surface area contributed by atoms with Crippen LogP contribution < -0.4 is 24.4 Å². The van der Waals surface area contributed by atoms with Crippen molar-refractivity contribution < 1.29 is 9.63 Å². The van der Waals surface area contributed by atoms with Crippen molar-refractivity contribution in [2.75, 3.05) is 54.8 Å². The summed E-state index contributed by atoms with van der Waals surface area (Å²) in [5.74, 6) is 0. The molecular formula is C24H27N5O2S. The van der Waals surface area contributed by atoms with Crippen LogP contribution >= 0.6 is 12.2 Å². The Balaban J connectivity index is 1.90. The summed E-state index contributed by atoms with van der Waals surface area (Å²) in [5.41, 5.74) is 6.51. The minimum absolute atomic E-state index is 0.414. The molecule has 1 aliphatic heterocycles. The maximum absolute atomic E-state index is 13.5. The van der Waals surface area contributed by atoms with Crippen LogP contribution in [0.1, 0.15) is 5.56 Å². The van der Waals surface area contributed by atoms with Crippen LogP contribution in [-0.4, -0.2) is 46.1 Å². The van der Waals surface area contributed by atoms with Gasteiger partial charge in [0, 0.05) is 52.8 Å². The lowest BCUT2D eigenvalue weighted by atomic mass is 10.0. The van der Waals surface area contributed by atoms with Crippen molar-refractivity contribution in [3.8, 4) is 0 Å². The summed E-state index contributed by atoms with van der Waals surface area (Å²) in [5, 5.41) is 0. The van der Waals surface area contributed by atoms with E-state index in [9.17, 15) is 4.79 Å². The molecule has 7 nitrogen and oxygen atoms in total. The zero-order valence-electron chi connectivity index (χ0n) is 19.2. The van der Waals surface area contributed by atoms with E-state index in [0.717, 1.165) is 39.7 Å². The molecule has 0 aliphatic carbocycles. The lowest BCUT2D eigenvalue weighted by Gasteiger charge is -2.38. The smallest absolute Gasteiger partial charge is 0.378 e. The Kier molecular flexibility index (Phi) is 5.56. The van der Waals surface area contributed by atoms with Gasteiger partial charge in [0.1, 0.15) is 4.64 Å². The molecule has 166 valence electrons. The second-order valence-electron chi connectivity index (χ2n) is 8.21. The van der Waals surface area contributed by atoms with Crippen LogP contribution in [0, 0.1) is 11.6 Å². The molecule has 0 saturated heterocycles. The normalized spacial score (nSPS) is 12.2. The van der Waals surface area contributed by atoms with Gasteiger partial charge in [0.15, 0.2) is 0 Å². The first kappa shape index (κ1) is 21.7. The van der Waals surface area contributed by atoms with Gasteiger partial charge in [-0.2, -0.15) is 4.73 Å². The van der Waals surface area contributed by atoms with E-state index in [-0.39, 0.29) is 0 Å². The zero-order valence-corrected chi connectivity index (χ0v) is 20.0. The first-order valence-electron chi connectivity index (χ1n) is 10.3.